The second-order valence-corrected chi connectivity index (χ2v) is 6.99. The molecule has 0 fully saturated rings. The number of carbonyl (C=O) groups excluding carboxylic acids is 1. The highest BCUT2D eigenvalue weighted by Gasteiger charge is 2.15. The van der Waals surface area contributed by atoms with E-state index in [4.69, 9.17) is 4.74 Å². The van der Waals surface area contributed by atoms with Gasteiger partial charge in [0.1, 0.15) is 0 Å². The zero-order chi connectivity index (χ0) is 18.4. The number of hydrogen-bond acceptors (Lipinski definition) is 6. The van der Waals surface area contributed by atoms with E-state index in [2.05, 4.69) is 29.4 Å². The first-order chi connectivity index (χ1) is 11.9. The SMILES string of the molecule is COc1ccc(CN(C)C(=O)CSc2nnnn2CC(C)C)cc1F. The zero-order valence-electron chi connectivity index (χ0n) is 14.8. The minimum Gasteiger partial charge on any atom is -0.494 e. The molecular weight excluding hydrogens is 345 g/mol. The average Bonchev–Trinajstić information content (AvgIpc) is 2.99. The normalized spacial score (nSPS) is 11.0. The maximum absolute atomic E-state index is 13.7. The van der Waals surface area contributed by atoms with Gasteiger partial charge in [0.2, 0.25) is 11.1 Å². The molecule has 0 spiro atoms. The largest absolute Gasteiger partial charge is 0.494 e. The summed E-state index contributed by atoms with van der Waals surface area (Å²) in [5.41, 5.74) is 0.698. The van der Waals surface area contributed by atoms with Crippen LogP contribution < -0.4 is 4.74 Å². The van der Waals surface area contributed by atoms with Gasteiger partial charge in [-0.25, -0.2) is 9.07 Å². The molecule has 0 atom stereocenters. The minimum absolute atomic E-state index is 0.0830. The van der Waals surface area contributed by atoms with Gasteiger partial charge in [-0.3, -0.25) is 4.79 Å². The van der Waals surface area contributed by atoms with Crippen molar-refractivity contribution in [1.29, 1.82) is 0 Å². The second-order valence-electron chi connectivity index (χ2n) is 6.04. The zero-order valence-corrected chi connectivity index (χ0v) is 15.6. The molecule has 0 aliphatic carbocycles. The van der Waals surface area contributed by atoms with Crippen LogP contribution in [-0.2, 0) is 17.9 Å². The number of ether oxygens (including phenoxy) is 1. The summed E-state index contributed by atoms with van der Waals surface area (Å²) >= 11 is 1.29. The number of amides is 1. The van der Waals surface area contributed by atoms with Gasteiger partial charge in [0, 0.05) is 20.1 Å². The maximum Gasteiger partial charge on any atom is 0.233 e. The van der Waals surface area contributed by atoms with Crippen LogP contribution in [0, 0.1) is 11.7 Å². The van der Waals surface area contributed by atoms with Crippen LogP contribution in [0.2, 0.25) is 0 Å². The fourth-order valence-electron chi connectivity index (χ4n) is 2.17. The lowest BCUT2D eigenvalue weighted by atomic mass is 10.2. The summed E-state index contributed by atoms with van der Waals surface area (Å²) in [5.74, 6) is 0.285. The van der Waals surface area contributed by atoms with Crippen molar-refractivity contribution in [3.05, 3.63) is 29.6 Å². The quantitative estimate of drug-likeness (QED) is 0.666. The summed E-state index contributed by atoms with van der Waals surface area (Å²) in [5, 5.41) is 12.1. The summed E-state index contributed by atoms with van der Waals surface area (Å²) in [6, 6.07) is 4.67. The van der Waals surface area contributed by atoms with E-state index in [1.807, 2.05) is 0 Å². The number of carbonyl (C=O) groups is 1. The van der Waals surface area contributed by atoms with Crippen molar-refractivity contribution in [2.45, 2.75) is 32.1 Å². The predicted molar refractivity (Wildman–Crippen MR) is 92.8 cm³/mol. The van der Waals surface area contributed by atoms with Crippen LogP contribution in [0.5, 0.6) is 5.75 Å². The Hall–Kier alpha value is -2.16. The molecule has 2 aromatic rings. The summed E-state index contributed by atoms with van der Waals surface area (Å²) in [6.07, 6.45) is 0. The van der Waals surface area contributed by atoms with Gasteiger partial charge in [0.05, 0.1) is 12.9 Å². The third kappa shape index (κ3) is 5.42. The van der Waals surface area contributed by atoms with Gasteiger partial charge in [-0.2, -0.15) is 0 Å². The molecule has 0 radical (unpaired) electrons. The van der Waals surface area contributed by atoms with E-state index in [9.17, 15) is 9.18 Å². The Morgan fingerprint density at radius 3 is 2.84 bits per heavy atom. The predicted octanol–water partition coefficient (Wildman–Crippen LogP) is 2.23. The van der Waals surface area contributed by atoms with Gasteiger partial charge in [-0.15, -0.1) is 5.10 Å². The molecule has 2 rings (SSSR count). The van der Waals surface area contributed by atoms with E-state index >= 15 is 0 Å². The molecule has 7 nitrogen and oxygen atoms in total. The fourth-order valence-corrected chi connectivity index (χ4v) is 2.99. The first kappa shape index (κ1) is 19.2. The molecule has 0 saturated carbocycles. The van der Waals surface area contributed by atoms with Crippen LogP contribution in [0.3, 0.4) is 0 Å². The van der Waals surface area contributed by atoms with Gasteiger partial charge in [0.15, 0.2) is 11.6 Å². The molecule has 0 unspecified atom stereocenters. The van der Waals surface area contributed by atoms with Crippen molar-refractivity contribution < 1.29 is 13.9 Å². The Morgan fingerprint density at radius 1 is 1.44 bits per heavy atom. The minimum atomic E-state index is -0.442. The number of halogens is 1. The number of aromatic nitrogens is 4. The fraction of sp³-hybridized carbons (Fsp3) is 0.500. The second kappa shape index (κ2) is 8.80. The van der Waals surface area contributed by atoms with Crippen LogP contribution in [0.1, 0.15) is 19.4 Å². The van der Waals surface area contributed by atoms with Gasteiger partial charge in [-0.05, 0) is 34.0 Å². The lowest BCUT2D eigenvalue weighted by Crippen LogP contribution is -2.28. The molecule has 1 amide bonds. The molecular formula is C16H22FN5O2S. The third-order valence-corrected chi connectivity index (χ3v) is 4.37. The molecule has 25 heavy (non-hydrogen) atoms. The van der Waals surface area contributed by atoms with Crippen molar-refractivity contribution in [1.82, 2.24) is 25.1 Å². The van der Waals surface area contributed by atoms with E-state index in [1.54, 1.807) is 28.8 Å². The van der Waals surface area contributed by atoms with Gasteiger partial charge in [0.25, 0.3) is 0 Å². The monoisotopic (exact) mass is 367 g/mol. The number of thioether (sulfide) groups is 1. The molecule has 1 aromatic carbocycles. The van der Waals surface area contributed by atoms with Crippen molar-refractivity contribution in [3.63, 3.8) is 0 Å². The Labute approximate surface area is 150 Å². The lowest BCUT2D eigenvalue weighted by Gasteiger charge is -2.17. The summed E-state index contributed by atoms with van der Waals surface area (Å²) < 4.78 is 20.3. The molecule has 1 aromatic heterocycles. The van der Waals surface area contributed by atoms with Crippen LogP contribution in [0.15, 0.2) is 23.4 Å². The van der Waals surface area contributed by atoms with E-state index in [-0.39, 0.29) is 17.4 Å². The molecule has 0 aliphatic heterocycles. The van der Waals surface area contributed by atoms with Crippen molar-refractivity contribution >= 4 is 17.7 Å². The summed E-state index contributed by atoms with van der Waals surface area (Å²) in [7, 11) is 3.10. The Kier molecular flexibility index (Phi) is 6.74. The number of methoxy groups -OCH3 is 1. The highest BCUT2D eigenvalue weighted by Crippen LogP contribution is 2.19. The van der Waals surface area contributed by atoms with E-state index in [0.717, 1.165) is 0 Å². The molecule has 136 valence electrons. The van der Waals surface area contributed by atoms with Crippen LogP contribution in [0.4, 0.5) is 4.39 Å². The number of nitrogens with zero attached hydrogens (tertiary/aromatic N) is 5. The standard InChI is InChI=1S/C16H22FN5O2S/c1-11(2)8-22-16(18-19-20-22)25-10-15(23)21(3)9-12-5-6-14(24-4)13(17)7-12/h5-7,11H,8-10H2,1-4H3. The topological polar surface area (TPSA) is 73.1 Å². The Morgan fingerprint density at radius 2 is 2.20 bits per heavy atom. The summed E-state index contributed by atoms with van der Waals surface area (Å²) in [6.45, 7) is 5.16. The highest BCUT2D eigenvalue weighted by molar-refractivity contribution is 7.99. The lowest BCUT2D eigenvalue weighted by molar-refractivity contribution is -0.127. The molecule has 0 saturated heterocycles. The number of benzene rings is 1. The Bertz CT molecular complexity index is 722. The van der Waals surface area contributed by atoms with E-state index < -0.39 is 5.82 Å². The van der Waals surface area contributed by atoms with Gasteiger partial charge < -0.3 is 9.64 Å². The molecule has 0 N–H and O–H groups in total. The third-order valence-electron chi connectivity index (χ3n) is 3.42. The van der Waals surface area contributed by atoms with E-state index in [0.29, 0.717) is 29.7 Å². The van der Waals surface area contributed by atoms with Crippen LogP contribution in [0.25, 0.3) is 0 Å². The highest BCUT2D eigenvalue weighted by atomic mass is 32.2. The van der Waals surface area contributed by atoms with E-state index in [1.165, 1.54) is 24.9 Å². The number of rotatable bonds is 8. The molecule has 0 aliphatic rings. The van der Waals surface area contributed by atoms with Crippen molar-refractivity contribution in [2.24, 2.45) is 5.92 Å². The maximum atomic E-state index is 13.7. The van der Waals surface area contributed by atoms with Crippen LogP contribution in [-0.4, -0.2) is 50.9 Å². The van der Waals surface area contributed by atoms with Gasteiger partial charge in [-0.1, -0.05) is 31.7 Å². The molecule has 0 bridgehead atoms. The number of hydrogen-bond donors (Lipinski definition) is 0. The molecule has 1 heterocycles. The number of tetrazole rings is 1. The smallest absolute Gasteiger partial charge is 0.233 e. The Balaban J connectivity index is 1.90. The first-order valence-electron chi connectivity index (χ1n) is 7.86. The van der Waals surface area contributed by atoms with Crippen molar-refractivity contribution in [3.8, 4) is 5.75 Å². The first-order valence-corrected chi connectivity index (χ1v) is 8.84. The summed E-state index contributed by atoms with van der Waals surface area (Å²) in [4.78, 5) is 13.8. The average molecular weight is 367 g/mol. The van der Waals surface area contributed by atoms with Crippen LogP contribution >= 0.6 is 11.8 Å². The van der Waals surface area contributed by atoms with Crippen molar-refractivity contribution in [2.75, 3.05) is 19.9 Å². The van der Waals surface area contributed by atoms with Gasteiger partial charge >= 0.3 is 0 Å². The molecule has 9 heteroatoms.